The Labute approximate surface area is 172 Å². The molecule has 3 aromatic rings. The Hall–Kier alpha value is -2.08. The summed E-state index contributed by atoms with van der Waals surface area (Å²) in [5.41, 5.74) is 4.72. The Morgan fingerprint density at radius 1 is 0.964 bits per heavy atom. The summed E-state index contributed by atoms with van der Waals surface area (Å²) in [6.45, 7) is 8.96. The van der Waals surface area contributed by atoms with Crippen LogP contribution in [0.5, 0.6) is 0 Å². The van der Waals surface area contributed by atoms with Gasteiger partial charge in [0.2, 0.25) is 0 Å². The molecule has 1 N–H and O–H groups in total. The van der Waals surface area contributed by atoms with Crippen molar-refractivity contribution in [3.05, 3.63) is 54.2 Å². The molecule has 5 rings (SSSR count). The maximum Gasteiger partial charge on any atom is 0.0764 e. The quantitative estimate of drug-likeness (QED) is 0.736. The first-order chi connectivity index (χ1) is 13.3. The number of nitrogens with zero attached hydrogens (tertiary/aromatic N) is 4. The molecule has 2 fully saturated rings. The highest BCUT2D eigenvalue weighted by atomic mass is 35.5. The SMILES string of the molecule is Cc1nn(-c2ccccc2)c2cc(N3CCC(N4CCNCC4)C3)ccc12.Cl. The maximum atomic E-state index is 4.80. The van der Waals surface area contributed by atoms with Crippen LogP contribution in [-0.4, -0.2) is 60.0 Å². The molecule has 28 heavy (non-hydrogen) atoms. The number of aromatic nitrogens is 2. The monoisotopic (exact) mass is 397 g/mol. The normalized spacial score (nSPS) is 20.5. The second-order valence-corrected chi connectivity index (χ2v) is 7.71. The highest BCUT2D eigenvalue weighted by molar-refractivity contribution is 5.86. The van der Waals surface area contributed by atoms with Gasteiger partial charge in [-0.15, -0.1) is 12.4 Å². The van der Waals surface area contributed by atoms with Gasteiger partial charge in [-0.3, -0.25) is 4.90 Å². The lowest BCUT2D eigenvalue weighted by molar-refractivity contribution is 0.185. The van der Waals surface area contributed by atoms with E-state index in [-0.39, 0.29) is 12.4 Å². The molecule has 0 aliphatic carbocycles. The van der Waals surface area contributed by atoms with Crippen molar-refractivity contribution in [2.75, 3.05) is 44.2 Å². The molecule has 1 atom stereocenters. The van der Waals surface area contributed by atoms with E-state index in [1.165, 1.54) is 36.1 Å². The van der Waals surface area contributed by atoms with E-state index in [0.29, 0.717) is 6.04 Å². The molecule has 0 bridgehead atoms. The summed E-state index contributed by atoms with van der Waals surface area (Å²) in [5, 5.41) is 9.50. The first kappa shape index (κ1) is 19.2. The molecule has 2 aliphatic heterocycles. The van der Waals surface area contributed by atoms with Crippen molar-refractivity contribution in [1.29, 1.82) is 0 Å². The second-order valence-electron chi connectivity index (χ2n) is 7.71. The summed E-state index contributed by atoms with van der Waals surface area (Å²) in [6.07, 6.45) is 1.26. The molecule has 6 heteroatoms. The van der Waals surface area contributed by atoms with Gasteiger partial charge in [-0.1, -0.05) is 18.2 Å². The first-order valence-electron chi connectivity index (χ1n) is 10.0. The van der Waals surface area contributed by atoms with Crippen LogP contribution in [0.1, 0.15) is 12.1 Å². The summed E-state index contributed by atoms with van der Waals surface area (Å²) >= 11 is 0. The topological polar surface area (TPSA) is 36.3 Å². The van der Waals surface area contributed by atoms with Crippen molar-refractivity contribution >= 4 is 29.0 Å². The molecular weight excluding hydrogens is 370 g/mol. The Morgan fingerprint density at radius 2 is 1.75 bits per heavy atom. The lowest BCUT2D eigenvalue weighted by Crippen LogP contribution is -2.49. The number of para-hydroxylation sites is 1. The molecule has 148 valence electrons. The fourth-order valence-electron chi connectivity index (χ4n) is 4.54. The van der Waals surface area contributed by atoms with Gasteiger partial charge in [0.15, 0.2) is 0 Å². The molecule has 1 aromatic heterocycles. The summed E-state index contributed by atoms with van der Waals surface area (Å²) in [4.78, 5) is 5.21. The fraction of sp³-hybridized carbons (Fsp3) is 0.409. The number of nitrogens with one attached hydrogen (secondary N) is 1. The van der Waals surface area contributed by atoms with E-state index in [4.69, 9.17) is 5.10 Å². The molecule has 5 nitrogen and oxygen atoms in total. The van der Waals surface area contributed by atoms with Gasteiger partial charge in [-0.25, -0.2) is 4.68 Å². The molecular formula is C22H28ClN5. The van der Waals surface area contributed by atoms with Crippen molar-refractivity contribution < 1.29 is 0 Å². The minimum absolute atomic E-state index is 0. The highest BCUT2D eigenvalue weighted by Crippen LogP contribution is 2.29. The largest absolute Gasteiger partial charge is 0.370 e. The average Bonchev–Trinajstić information content (AvgIpc) is 3.35. The number of halogens is 1. The molecule has 0 amide bonds. The third-order valence-corrected chi connectivity index (χ3v) is 6.05. The van der Waals surface area contributed by atoms with E-state index in [1.807, 2.05) is 6.07 Å². The maximum absolute atomic E-state index is 4.80. The lowest BCUT2D eigenvalue weighted by atomic mass is 10.2. The van der Waals surface area contributed by atoms with Gasteiger partial charge < -0.3 is 10.2 Å². The Kier molecular flexibility index (Phi) is 5.58. The van der Waals surface area contributed by atoms with Gasteiger partial charge in [0, 0.05) is 56.4 Å². The Balaban J connectivity index is 0.00000192. The van der Waals surface area contributed by atoms with E-state index in [0.717, 1.165) is 37.6 Å². The van der Waals surface area contributed by atoms with Crippen LogP contribution in [0, 0.1) is 6.92 Å². The number of aryl methyl sites for hydroxylation is 1. The first-order valence-corrected chi connectivity index (χ1v) is 10.0. The van der Waals surface area contributed by atoms with E-state index < -0.39 is 0 Å². The van der Waals surface area contributed by atoms with Crippen LogP contribution >= 0.6 is 12.4 Å². The molecule has 0 saturated carbocycles. The summed E-state index contributed by atoms with van der Waals surface area (Å²) in [7, 11) is 0. The predicted octanol–water partition coefficient (Wildman–Crippen LogP) is 3.24. The Morgan fingerprint density at radius 3 is 2.54 bits per heavy atom. The standard InChI is InChI=1S/C22H27N5.ClH/c1-17-21-8-7-19(15-22(21)27(24-17)18-5-3-2-4-6-18)26-12-9-20(16-26)25-13-10-23-11-14-25;/h2-8,15,20,23H,9-14,16H2,1H3;1H. The second kappa shape index (κ2) is 8.11. The number of fused-ring (bicyclic) bond motifs is 1. The van der Waals surface area contributed by atoms with E-state index in [9.17, 15) is 0 Å². The fourth-order valence-corrected chi connectivity index (χ4v) is 4.54. The van der Waals surface area contributed by atoms with Crippen LogP contribution in [0.25, 0.3) is 16.6 Å². The zero-order valence-electron chi connectivity index (χ0n) is 16.3. The number of rotatable bonds is 3. The van der Waals surface area contributed by atoms with Crippen LogP contribution in [0.3, 0.4) is 0 Å². The average molecular weight is 398 g/mol. The van der Waals surface area contributed by atoms with Gasteiger partial charge in [0.1, 0.15) is 0 Å². The number of piperazine rings is 1. The van der Waals surface area contributed by atoms with E-state index in [2.05, 4.69) is 69.2 Å². The smallest absolute Gasteiger partial charge is 0.0764 e. The van der Waals surface area contributed by atoms with Gasteiger partial charge >= 0.3 is 0 Å². The van der Waals surface area contributed by atoms with Crippen LogP contribution in [0.4, 0.5) is 5.69 Å². The summed E-state index contributed by atoms with van der Waals surface area (Å²) in [6, 6.07) is 17.9. The molecule has 2 saturated heterocycles. The Bertz CT molecular complexity index is 933. The highest BCUT2D eigenvalue weighted by Gasteiger charge is 2.28. The van der Waals surface area contributed by atoms with Gasteiger partial charge in [-0.2, -0.15) is 5.10 Å². The zero-order valence-corrected chi connectivity index (χ0v) is 17.2. The van der Waals surface area contributed by atoms with Gasteiger partial charge in [0.05, 0.1) is 16.9 Å². The van der Waals surface area contributed by atoms with Crippen LogP contribution in [0.2, 0.25) is 0 Å². The molecule has 2 aromatic carbocycles. The van der Waals surface area contributed by atoms with Crippen molar-refractivity contribution in [3.63, 3.8) is 0 Å². The van der Waals surface area contributed by atoms with Crippen LogP contribution in [-0.2, 0) is 0 Å². The lowest BCUT2D eigenvalue weighted by Gasteiger charge is -2.32. The third-order valence-electron chi connectivity index (χ3n) is 6.05. The summed E-state index contributed by atoms with van der Waals surface area (Å²) in [5.74, 6) is 0. The minimum Gasteiger partial charge on any atom is -0.370 e. The van der Waals surface area contributed by atoms with Gasteiger partial charge in [0.25, 0.3) is 0 Å². The van der Waals surface area contributed by atoms with Gasteiger partial charge in [-0.05, 0) is 43.7 Å². The predicted molar refractivity (Wildman–Crippen MR) is 118 cm³/mol. The number of anilines is 1. The van der Waals surface area contributed by atoms with Crippen molar-refractivity contribution in [2.45, 2.75) is 19.4 Å². The number of hydrogen-bond donors (Lipinski definition) is 1. The molecule has 2 aliphatic rings. The number of benzene rings is 2. The van der Waals surface area contributed by atoms with Crippen LogP contribution in [0.15, 0.2) is 48.5 Å². The molecule has 3 heterocycles. The number of hydrogen-bond acceptors (Lipinski definition) is 4. The van der Waals surface area contributed by atoms with Crippen molar-refractivity contribution in [1.82, 2.24) is 20.0 Å². The molecule has 1 unspecified atom stereocenters. The van der Waals surface area contributed by atoms with Crippen LogP contribution < -0.4 is 10.2 Å². The van der Waals surface area contributed by atoms with E-state index >= 15 is 0 Å². The summed E-state index contributed by atoms with van der Waals surface area (Å²) < 4.78 is 2.08. The van der Waals surface area contributed by atoms with Crippen molar-refractivity contribution in [2.24, 2.45) is 0 Å². The molecule has 0 radical (unpaired) electrons. The van der Waals surface area contributed by atoms with E-state index in [1.54, 1.807) is 0 Å². The van der Waals surface area contributed by atoms with Crippen molar-refractivity contribution in [3.8, 4) is 5.69 Å². The third kappa shape index (κ3) is 3.50. The minimum atomic E-state index is 0. The zero-order chi connectivity index (χ0) is 18.2. The molecule has 0 spiro atoms.